The Morgan fingerprint density at radius 2 is 2.08 bits per heavy atom. The molecule has 0 radical (unpaired) electrons. The highest BCUT2D eigenvalue weighted by molar-refractivity contribution is 6.02. The molecule has 0 saturated heterocycles. The Balaban J connectivity index is 2.85. The van der Waals surface area contributed by atoms with E-state index >= 15 is 0 Å². The van der Waals surface area contributed by atoms with Crippen LogP contribution in [0, 0.1) is 0 Å². The first-order valence-electron chi connectivity index (χ1n) is 3.48. The van der Waals surface area contributed by atoms with Gasteiger partial charge >= 0.3 is 11.9 Å². The van der Waals surface area contributed by atoms with E-state index < -0.39 is 23.8 Å². The Labute approximate surface area is 72.9 Å². The van der Waals surface area contributed by atoms with Crippen LogP contribution in [0.25, 0.3) is 0 Å². The van der Waals surface area contributed by atoms with E-state index in [0.717, 1.165) is 6.08 Å². The third-order valence-corrected chi connectivity index (χ3v) is 1.57. The maximum absolute atomic E-state index is 10.8. The highest BCUT2D eigenvalue weighted by atomic mass is 16.4. The van der Waals surface area contributed by atoms with Gasteiger partial charge in [-0.3, -0.25) is 4.79 Å². The Morgan fingerprint density at radius 1 is 1.46 bits per heavy atom. The lowest BCUT2D eigenvalue weighted by Gasteiger charge is -2.18. The smallest absolute Gasteiger partial charge is 0.352 e. The second-order valence-electron chi connectivity index (χ2n) is 2.57. The number of hydrogen-bond acceptors (Lipinski definition) is 4. The van der Waals surface area contributed by atoms with E-state index in [1.165, 1.54) is 0 Å². The van der Waals surface area contributed by atoms with E-state index in [-0.39, 0.29) is 12.1 Å². The molecule has 0 aromatic heterocycles. The molecular weight excluding hydrogens is 178 g/mol. The number of nitrogens with one attached hydrogen (secondary N) is 1. The summed E-state index contributed by atoms with van der Waals surface area (Å²) < 4.78 is 0. The van der Waals surface area contributed by atoms with Crippen LogP contribution >= 0.6 is 0 Å². The standard InChI is InChI=1S/C7H7NO5/c9-3-1-4(6(10)11)8-5(2-3)7(12)13/h1,5,8H,2H2,(H,10,11)(H,12,13). The zero-order valence-electron chi connectivity index (χ0n) is 6.48. The van der Waals surface area contributed by atoms with Crippen LogP contribution in [0.1, 0.15) is 6.42 Å². The molecule has 3 N–H and O–H groups in total. The molecule has 1 aliphatic heterocycles. The van der Waals surface area contributed by atoms with Gasteiger partial charge in [0.25, 0.3) is 0 Å². The van der Waals surface area contributed by atoms with Crippen LogP contribution in [0.3, 0.4) is 0 Å². The maximum atomic E-state index is 10.8. The average molecular weight is 185 g/mol. The fourth-order valence-electron chi connectivity index (χ4n) is 0.974. The van der Waals surface area contributed by atoms with Crippen LogP contribution in [0.2, 0.25) is 0 Å². The second kappa shape index (κ2) is 3.26. The summed E-state index contributed by atoms with van der Waals surface area (Å²) in [7, 11) is 0. The molecule has 0 aromatic carbocycles. The monoisotopic (exact) mass is 185 g/mol. The van der Waals surface area contributed by atoms with Crippen molar-refractivity contribution in [3.8, 4) is 0 Å². The number of allylic oxidation sites excluding steroid dienone is 1. The molecule has 1 rings (SSSR count). The summed E-state index contributed by atoms with van der Waals surface area (Å²) in [5, 5.41) is 19.2. The molecule has 70 valence electrons. The van der Waals surface area contributed by atoms with E-state index in [4.69, 9.17) is 10.2 Å². The molecular formula is C7H7NO5. The second-order valence-corrected chi connectivity index (χ2v) is 2.57. The first-order valence-corrected chi connectivity index (χ1v) is 3.48. The van der Waals surface area contributed by atoms with Gasteiger partial charge < -0.3 is 15.5 Å². The van der Waals surface area contributed by atoms with Gasteiger partial charge in [-0.1, -0.05) is 0 Å². The van der Waals surface area contributed by atoms with Crippen molar-refractivity contribution in [1.82, 2.24) is 5.32 Å². The Morgan fingerprint density at radius 3 is 2.54 bits per heavy atom. The normalized spacial score (nSPS) is 21.7. The van der Waals surface area contributed by atoms with Gasteiger partial charge in [-0.05, 0) is 0 Å². The van der Waals surface area contributed by atoms with Crippen molar-refractivity contribution >= 4 is 17.7 Å². The van der Waals surface area contributed by atoms with Gasteiger partial charge in [0.15, 0.2) is 5.78 Å². The van der Waals surface area contributed by atoms with E-state index in [9.17, 15) is 14.4 Å². The number of ketones is 1. The lowest BCUT2D eigenvalue weighted by molar-refractivity contribution is -0.141. The van der Waals surface area contributed by atoms with Crippen LogP contribution in [0.15, 0.2) is 11.8 Å². The van der Waals surface area contributed by atoms with E-state index in [0.29, 0.717) is 0 Å². The molecule has 0 bridgehead atoms. The molecule has 1 atom stereocenters. The number of carbonyl (C=O) groups is 3. The average Bonchev–Trinajstić information content (AvgIpc) is 2.03. The summed E-state index contributed by atoms with van der Waals surface area (Å²) >= 11 is 0. The van der Waals surface area contributed by atoms with E-state index in [2.05, 4.69) is 5.32 Å². The maximum Gasteiger partial charge on any atom is 0.352 e. The lowest BCUT2D eigenvalue weighted by Crippen LogP contribution is -2.42. The summed E-state index contributed by atoms with van der Waals surface area (Å²) in [6.45, 7) is 0. The molecule has 0 aliphatic carbocycles. The van der Waals surface area contributed by atoms with Crippen LogP contribution < -0.4 is 5.32 Å². The quantitative estimate of drug-likeness (QED) is 0.508. The van der Waals surface area contributed by atoms with E-state index in [1.54, 1.807) is 0 Å². The molecule has 0 saturated carbocycles. The van der Waals surface area contributed by atoms with Gasteiger partial charge in [0, 0.05) is 12.5 Å². The van der Waals surface area contributed by atoms with Crippen molar-refractivity contribution in [2.75, 3.05) is 0 Å². The van der Waals surface area contributed by atoms with Crippen LogP contribution in [0.4, 0.5) is 0 Å². The lowest BCUT2D eigenvalue weighted by atomic mass is 10.1. The molecule has 6 heteroatoms. The Bertz CT molecular complexity index is 306. The molecule has 0 amide bonds. The zero-order chi connectivity index (χ0) is 10.0. The first kappa shape index (κ1) is 9.24. The third-order valence-electron chi connectivity index (χ3n) is 1.57. The molecule has 0 spiro atoms. The molecule has 1 aliphatic rings. The number of carboxylic acids is 2. The highest BCUT2D eigenvalue weighted by Gasteiger charge is 2.27. The minimum Gasteiger partial charge on any atom is -0.480 e. The van der Waals surface area contributed by atoms with Crippen LogP contribution in [0.5, 0.6) is 0 Å². The molecule has 1 unspecified atom stereocenters. The molecule has 0 fully saturated rings. The minimum atomic E-state index is -1.33. The van der Waals surface area contributed by atoms with Gasteiger partial charge in [-0.25, -0.2) is 9.59 Å². The highest BCUT2D eigenvalue weighted by Crippen LogP contribution is 2.07. The fraction of sp³-hybridized carbons (Fsp3) is 0.286. The van der Waals surface area contributed by atoms with Crippen molar-refractivity contribution in [3.63, 3.8) is 0 Å². The molecule has 0 aromatic rings. The predicted molar refractivity (Wildman–Crippen MR) is 39.9 cm³/mol. The van der Waals surface area contributed by atoms with E-state index in [1.807, 2.05) is 0 Å². The van der Waals surface area contributed by atoms with Gasteiger partial charge in [-0.2, -0.15) is 0 Å². The number of carbonyl (C=O) groups excluding carboxylic acids is 1. The van der Waals surface area contributed by atoms with Gasteiger partial charge in [-0.15, -0.1) is 0 Å². The molecule has 6 nitrogen and oxygen atoms in total. The summed E-state index contributed by atoms with van der Waals surface area (Å²) in [5.74, 6) is -3.07. The number of aliphatic carboxylic acids is 2. The summed E-state index contributed by atoms with van der Waals surface area (Å²) in [6, 6.07) is -1.14. The first-order chi connectivity index (χ1) is 6.00. The molecule has 13 heavy (non-hydrogen) atoms. The van der Waals surface area contributed by atoms with Crippen molar-refractivity contribution in [1.29, 1.82) is 0 Å². The van der Waals surface area contributed by atoms with Crippen molar-refractivity contribution in [2.45, 2.75) is 12.5 Å². The van der Waals surface area contributed by atoms with Crippen LogP contribution in [-0.4, -0.2) is 34.0 Å². The number of carboxylic acid groups (broad SMARTS) is 2. The summed E-state index contributed by atoms with van der Waals surface area (Å²) in [4.78, 5) is 31.7. The van der Waals surface area contributed by atoms with Crippen LogP contribution in [-0.2, 0) is 14.4 Å². The Kier molecular flexibility index (Phi) is 2.32. The summed E-state index contributed by atoms with van der Waals surface area (Å²) in [5.41, 5.74) is -0.372. The minimum absolute atomic E-state index is 0.216. The third kappa shape index (κ3) is 2.05. The zero-order valence-corrected chi connectivity index (χ0v) is 6.48. The SMILES string of the molecule is O=C1C=C(C(=O)O)NC(C(=O)O)C1. The van der Waals surface area contributed by atoms with Gasteiger partial charge in [0.1, 0.15) is 11.7 Å². The van der Waals surface area contributed by atoms with Crippen molar-refractivity contribution in [3.05, 3.63) is 11.8 Å². The Hall–Kier alpha value is -1.85. The van der Waals surface area contributed by atoms with Crippen molar-refractivity contribution in [2.24, 2.45) is 0 Å². The number of rotatable bonds is 2. The fourth-order valence-corrected chi connectivity index (χ4v) is 0.974. The topological polar surface area (TPSA) is 104 Å². The van der Waals surface area contributed by atoms with Gasteiger partial charge in [0.2, 0.25) is 0 Å². The number of hydrogen-bond donors (Lipinski definition) is 3. The predicted octanol–water partition coefficient (Wildman–Crippen LogP) is -1.03. The van der Waals surface area contributed by atoms with Gasteiger partial charge in [0.05, 0.1) is 0 Å². The molecule has 1 heterocycles. The summed E-state index contributed by atoms with van der Waals surface area (Å²) in [6.07, 6.45) is 0.674. The van der Waals surface area contributed by atoms with Crippen molar-refractivity contribution < 1.29 is 24.6 Å². The largest absolute Gasteiger partial charge is 0.480 e.